The Morgan fingerprint density at radius 2 is 2.23 bits per heavy atom. The molecule has 1 aromatic rings. The highest BCUT2D eigenvalue weighted by molar-refractivity contribution is 5.27. The van der Waals surface area contributed by atoms with Crippen molar-refractivity contribution in [3.05, 3.63) is 35.1 Å². The van der Waals surface area contributed by atoms with Gasteiger partial charge in [-0.15, -0.1) is 0 Å². The fraction of sp³-hybridized carbons (Fsp3) is 0.400. The third-order valence-electron chi connectivity index (χ3n) is 2.04. The molecule has 0 heterocycles. The van der Waals surface area contributed by atoms with Crippen LogP contribution in [0.25, 0.3) is 0 Å². The summed E-state index contributed by atoms with van der Waals surface area (Å²) in [5, 5.41) is 3.40. The van der Waals surface area contributed by atoms with E-state index >= 15 is 0 Å². The largest absolute Gasteiger partial charge is 0.210 e. The van der Waals surface area contributed by atoms with Gasteiger partial charge < -0.3 is 0 Å². The van der Waals surface area contributed by atoms with Crippen LogP contribution in [0.5, 0.6) is 0 Å². The number of nitrogens with one attached hydrogen (secondary N) is 1. The second kappa shape index (κ2) is 4.12. The van der Waals surface area contributed by atoms with Crippen LogP contribution in [0.3, 0.4) is 0 Å². The molecule has 0 saturated heterocycles. The fourth-order valence-electron chi connectivity index (χ4n) is 1.25. The molecule has 0 fully saturated rings. The first-order valence-corrected chi connectivity index (χ1v) is 4.25. The normalized spacial score (nSPS) is 12.5. The van der Waals surface area contributed by atoms with Gasteiger partial charge in [-0.3, -0.25) is 0 Å². The third kappa shape index (κ3) is 2.61. The summed E-state index contributed by atoms with van der Waals surface area (Å²) in [5.41, 5.74) is 8.81. The van der Waals surface area contributed by atoms with E-state index in [1.54, 1.807) is 6.07 Å². The number of aryl methyl sites for hydroxylation is 1. The zero-order valence-electron chi connectivity index (χ0n) is 7.84. The van der Waals surface area contributed by atoms with Crippen LogP contribution in [-0.4, -0.2) is 6.04 Å². The zero-order chi connectivity index (χ0) is 9.84. The van der Waals surface area contributed by atoms with Crippen LogP contribution in [0.1, 0.15) is 18.1 Å². The molecule has 0 aliphatic carbocycles. The van der Waals surface area contributed by atoms with Crippen LogP contribution in [0.15, 0.2) is 23.3 Å². The molecule has 0 aliphatic heterocycles. The van der Waals surface area contributed by atoms with Gasteiger partial charge in [0.25, 0.3) is 0 Å². The van der Waals surface area contributed by atoms with Crippen LogP contribution in [0.4, 0.5) is 4.39 Å². The minimum Gasteiger partial charge on any atom is -0.210 e. The average Bonchev–Trinajstić information content (AvgIpc) is 2.09. The Morgan fingerprint density at radius 3 is 2.77 bits per heavy atom. The summed E-state index contributed by atoms with van der Waals surface area (Å²) in [7, 11) is 0. The zero-order valence-corrected chi connectivity index (χ0v) is 7.84. The van der Waals surface area contributed by atoms with Crippen molar-refractivity contribution in [3.63, 3.8) is 0 Å². The van der Waals surface area contributed by atoms with Gasteiger partial charge in [0.15, 0.2) is 0 Å². The average molecular weight is 180 g/mol. The van der Waals surface area contributed by atoms with Crippen molar-refractivity contribution in [1.82, 2.24) is 0 Å². The maximum absolute atomic E-state index is 12.7. The SMILES string of the molecule is Cc1cc(F)ccc1CC(C)N=N. The quantitative estimate of drug-likeness (QED) is 0.694. The minimum absolute atomic E-state index is 0.0239. The topological polar surface area (TPSA) is 36.2 Å². The summed E-state index contributed by atoms with van der Waals surface area (Å²) in [6, 6.07) is 4.68. The molecule has 0 amide bonds. The lowest BCUT2D eigenvalue weighted by Gasteiger charge is -2.07. The Bertz CT molecular complexity index is 310. The molecule has 3 heteroatoms. The lowest BCUT2D eigenvalue weighted by atomic mass is 10.0. The van der Waals surface area contributed by atoms with Crippen LogP contribution < -0.4 is 0 Å². The number of rotatable bonds is 3. The first-order chi connectivity index (χ1) is 6.13. The van der Waals surface area contributed by atoms with Crippen molar-refractivity contribution in [2.75, 3.05) is 0 Å². The van der Waals surface area contributed by atoms with Crippen LogP contribution in [0, 0.1) is 18.3 Å². The highest BCUT2D eigenvalue weighted by Crippen LogP contribution is 2.13. The summed E-state index contributed by atoms with van der Waals surface area (Å²) in [4.78, 5) is 0. The molecule has 0 aromatic heterocycles. The molecule has 2 nitrogen and oxygen atoms in total. The molecule has 1 N–H and O–H groups in total. The highest BCUT2D eigenvalue weighted by atomic mass is 19.1. The van der Waals surface area contributed by atoms with Gasteiger partial charge in [-0.25, -0.2) is 9.92 Å². The summed E-state index contributed by atoms with van der Waals surface area (Å²) >= 11 is 0. The molecular weight excluding hydrogens is 167 g/mol. The molecule has 1 rings (SSSR count). The minimum atomic E-state index is -0.211. The molecular formula is C10H13FN2. The second-order valence-electron chi connectivity index (χ2n) is 3.25. The van der Waals surface area contributed by atoms with Crippen LogP contribution in [-0.2, 0) is 6.42 Å². The lowest BCUT2D eigenvalue weighted by Crippen LogP contribution is -2.03. The van der Waals surface area contributed by atoms with Crippen molar-refractivity contribution in [3.8, 4) is 0 Å². The highest BCUT2D eigenvalue weighted by Gasteiger charge is 2.04. The Labute approximate surface area is 77.3 Å². The van der Waals surface area contributed by atoms with E-state index in [4.69, 9.17) is 5.53 Å². The van der Waals surface area contributed by atoms with Gasteiger partial charge in [0.1, 0.15) is 5.82 Å². The van der Waals surface area contributed by atoms with E-state index in [0.29, 0.717) is 6.42 Å². The predicted octanol–water partition coefficient (Wildman–Crippen LogP) is 3.10. The summed E-state index contributed by atoms with van der Waals surface area (Å²) in [6.45, 7) is 3.74. The fourth-order valence-corrected chi connectivity index (χ4v) is 1.25. The van der Waals surface area contributed by atoms with Crippen LogP contribution in [0.2, 0.25) is 0 Å². The van der Waals surface area contributed by atoms with Crippen molar-refractivity contribution < 1.29 is 4.39 Å². The van der Waals surface area contributed by atoms with E-state index < -0.39 is 0 Å². The van der Waals surface area contributed by atoms with Crippen molar-refractivity contribution in [1.29, 1.82) is 5.53 Å². The van der Waals surface area contributed by atoms with Gasteiger partial charge in [0, 0.05) is 0 Å². The smallest absolute Gasteiger partial charge is 0.123 e. The number of halogens is 1. The van der Waals surface area contributed by atoms with E-state index in [0.717, 1.165) is 11.1 Å². The Balaban J connectivity index is 2.83. The van der Waals surface area contributed by atoms with Gasteiger partial charge in [0.2, 0.25) is 0 Å². The summed E-state index contributed by atoms with van der Waals surface area (Å²) in [5.74, 6) is -0.211. The predicted molar refractivity (Wildman–Crippen MR) is 49.5 cm³/mol. The molecule has 1 aromatic carbocycles. The van der Waals surface area contributed by atoms with E-state index in [1.165, 1.54) is 12.1 Å². The Morgan fingerprint density at radius 1 is 1.54 bits per heavy atom. The summed E-state index contributed by atoms with van der Waals surface area (Å²) in [6.07, 6.45) is 0.704. The molecule has 0 bridgehead atoms. The maximum atomic E-state index is 12.7. The number of benzene rings is 1. The van der Waals surface area contributed by atoms with E-state index in [-0.39, 0.29) is 11.9 Å². The molecule has 0 spiro atoms. The van der Waals surface area contributed by atoms with Gasteiger partial charge >= 0.3 is 0 Å². The third-order valence-corrected chi connectivity index (χ3v) is 2.04. The van der Waals surface area contributed by atoms with E-state index in [1.807, 2.05) is 13.8 Å². The van der Waals surface area contributed by atoms with Gasteiger partial charge in [0.05, 0.1) is 6.04 Å². The molecule has 0 aliphatic rings. The molecule has 70 valence electrons. The second-order valence-corrected chi connectivity index (χ2v) is 3.25. The summed E-state index contributed by atoms with van der Waals surface area (Å²) < 4.78 is 12.7. The number of hydrogen-bond acceptors (Lipinski definition) is 2. The van der Waals surface area contributed by atoms with Gasteiger partial charge in [-0.1, -0.05) is 6.07 Å². The number of nitrogens with zero attached hydrogens (tertiary/aromatic N) is 1. The van der Waals surface area contributed by atoms with Crippen molar-refractivity contribution in [2.24, 2.45) is 5.11 Å². The molecule has 0 saturated carbocycles. The first-order valence-electron chi connectivity index (χ1n) is 4.25. The Kier molecular flexibility index (Phi) is 3.12. The molecule has 13 heavy (non-hydrogen) atoms. The lowest BCUT2D eigenvalue weighted by molar-refractivity contribution is 0.622. The molecule has 0 radical (unpaired) electrons. The standard InChI is InChI=1S/C10H13FN2/c1-7-5-10(11)4-3-9(7)6-8(2)13-12/h3-5,8,12H,6H2,1-2H3. The molecule has 1 atom stereocenters. The van der Waals surface area contributed by atoms with Gasteiger partial charge in [-0.05, 0) is 43.5 Å². The number of hydrogen-bond donors (Lipinski definition) is 1. The Hall–Kier alpha value is -1.25. The monoisotopic (exact) mass is 180 g/mol. The van der Waals surface area contributed by atoms with Crippen molar-refractivity contribution >= 4 is 0 Å². The molecule has 1 unspecified atom stereocenters. The van der Waals surface area contributed by atoms with Gasteiger partial charge in [-0.2, -0.15) is 5.11 Å². The van der Waals surface area contributed by atoms with Crippen molar-refractivity contribution in [2.45, 2.75) is 26.3 Å². The first kappa shape index (κ1) is 9.84. The van der Waals surface area contributed by atoms with Crippen LogP contribution >= 0.6 is 0 Å². The van der Waals surface area contributed by atoms with E-state index in [9.17, 15) is 4.39 Å². The van der Waals surface area contributed by atoms with E-state index in [2.05, 4.69) is 5.11 Å². The maximum Gasteiger partial charge on any atom is 0.123 e.